The number of nitro benzene ring substituents is 1. The van der Waals surface area contributed by atoms with E-state index < -0.39 is 42.4 Å². The Morgan fingerprint density at radius 2 is 1.77 bits per heavy atom. The first-order valence-corrected chi connectivity index (χ1v) is 20.0. The van der Waals surface area contributed by atoms with E-state index in [-0.39, 0.29) is 61.1 Å². The molecular formula is C38H41FN4O8Si. The van der Waals surface area contributed by atoms with Crippen LogP contribution in [0.5, 0.6) is 5.75 Å². The van der Waals surface area contributed by atoms with Gasteiger partial charge in [-0.2, -0.15) is 0 Å². The number of hydrogen-bond donors (Lipinski definition) is 1. The van der Waals surface area contributed by atoms with E-state index in [0.29, 0.717) is 16.9 Å². The number of rotatable bonds is 12. The van der Waals surface area contributed by atoms with E-state index in [1.807, 2.05) is 30.3 Å². The van der Waals surface area contributed by atoms with Gasteiger partial charge in [-0.25, -0.2) is 0 Å². The molecule has 0 saturated carbocycles. The van der Waals surface area contributed by atoms with Crippen LogP contribution >= 0.6 is 0 Å². The van der Waals surface area contributed by atoms with Gasteiger partial charge >= 0.3 is 0 Å². The third kappa shape index (κ3) is 6.64. The molecule has 3 heterocycles. The number of aliphatic hydroxyl groups excluding tert-OH is 1. The summed E-state index contributed by atoms with van der Waals surface area (Å²) in [5.74, 6) is -1.46. The SMILES string of the molecule is COc1cccn(-c2ccc(CN3C(=O)[C@@]4(O[C@@H](CC(=O)N(CCO)Cc5ccccc5)[C@H]([Si](C)(C)F)[C@H]4C)c4cc([N+](=O)[O-])ccc43)cc2)c1=O. The van der Waals surface area contributed by atoms with Crippen molar-refractivity contribution < 1.29 is 33.2 Å². The van der Waals surface area contributed by atoms with Gasteiger partial charge in [0.25, 0.3) is 17.2 Å². The number of non-ortho nitro benzene ring substituents is 1. The number of hydrogen-bond acceptors (Lipinski definition) is 8. The molecule has 0 unspecified atom stereocenters. The summed E-state index contributed by atoms with van der Waals surface area (Å²) < 4.78 is 29.7. The molecule has 0 bridgehead atoms. The molecule has 2 aliphatic heterocycles. The number of nitrogens with zero attached hydrogens (tertiary/aromatic N) is 4. The molecule has 1 fully saturated rings. The van der Waals surface area contributed by atoms with Crippen molar-refractivity contribution >= 4 is 31.6 Å². The number of carbonyl (C=O) groups is 2. The minimum Gasteiger partial charge on any atom is -0.491 e. The maximum absolute atomic E-state index is 16.4. The van der Waals surface area contributed by atoms with Crippen LogP contribution in [-0.2, 0) is 33.0 Å². The van der Waals surface area contributed by atoms with Crippen molar-refractivity contribution in [2.75, 3.05) is 25.2 Å². The molecule has 12 nitrogen and oxygen atoms in total. The molecule has 2 aliphatic rings. The van der Waals surface area contributed by atoms with E-state index in [0.717, 1.165) is 5.56 Å². The van der Waals surface area contributed by atoms with Gasteiger partial charge in [0, 0.05) is 54.1 Å². The van der Waals surface area contributed by atoms with Crippen molar-refractivity contribution in [3.8, 4) is 11.4 Å². The van der Waals surface area contributed by atoms with Crippen molar-refractivity contribution in [2.45, 2.75) is 56.8 Å². The van der Waals surface area contributed by atoms with Crippen molar-refractivity contribution in [1.29, 1.82) is 0 Å². The fourth-order valence-electron chi connectivity index (χ4n) is 7.80. The fraction of sp³-hybridized carbons (Fsp3) is 0.342. The van der Waals surface area contributed by atoms with Crippen LogP contribution in [-0.4, -0.2) is 66.1 Å². The molecule has 272 valence electrons. The van der Waals surface area contributed by atoms with E-state index in [4.69, 9.17) is 9.47 Å². The largest absolute Gasteiger partial charge is 0.491 e. The number of amides is 2. The molecule has 4 atom stereocenters. The molecule has 3 aromatic carbocycles. The van der Waals surface area contributed by atoms with E-state index in [9.17, 15) is 29.6 Å². The molecule has 2 amide bonds. The Kier molecular flexibility index (Phi) is 10.2. The van der Waals surface area contributed by atoms with E-state index in [1.165, 1.54) is 52.8 Å². The summed E-state index contributed by atoms with van der Waals surface area (Å²) in [5.41, 5.74) is -0.412. The number of ether oxygens (including phenoxy) is 2. The average Bonchev–Trinajstić information content (AvgIpc) is 3.54. The van der Waals surface area contributed by atoms with E-state index in [2.05, 4.69) is 0 Å². The minimum atomic E-state index is -3.66. The molecule has 52 heavy (non-hydrogen) atoms. The first kappa shape index (κ1) is 36.6. The summed E-state index contributed by atoms with van der Waals surface area (Å²) in [6.07, 6.45) is 0.364. The number of halogens is 1. The van der Waals surface area contributed by atoms with Gasteiger partial charge in [0.1, 0.15) is 0 Å². The monoisotopic (exact) mass is 728 g/mol. The van der Waals surface area contributed by atoms with Gasteiger partial charge in [0.2, 0.25) is 14.3 Å². The predicted octanol–water partition coefficient (Wildman–Crippen LogP) is 5.49. The second-order valence-electron chi connectivity index (χ2n) is 13.8. The lowest BCUT2D eigenvalue weighted by molar-refractivity contribution is -0.385. The van der Waals surface area contributed by atoms with Crippen LogP contribution in [0.15, 0.2) is 95.9 Å². The molecule has 4 aromatic rings. The highest BCUT2D eigenvalue weighted by Gasteiger charge is 2.67. The highest BCUT2D eigenvalue weighted by Crippen LogP contribution is 2.60. The van der Waals surface area contributed by atoms with Crippen LogP contribution in [0.25, 0.3) is 5.69 Å². The molecule has 14 heteroatoms. The maximum atomic E-state index is 16.4. The van der Waals surface area contributed by atoms with Crippen LogP contribution in [0, 0.1) is 16.0 Å². The summed E-state index contributed by atoms with van der Waals surface area (Å²) in [5, 5.41) is 21.8. The molecule has 1 spiro atoms. The van der Waals surface area contributed by atoms with Gasteiger partial charge in [-0.1, -0.05) is 49.4 Å². The van der Waals surface area contributed by atoms with Crippen molar-refractivity contribution in [3.63, 3.8) is 0 Å². The number of methoxy groups -OCH3 is 1. The number of fused-ring (bicyclic) bond motifs is 2. The van der Waals surface area contributed by atoms with Crippen LogP contribution in [0.3, 0.4) is 0 Å². The summed E-state index contributed by atoms with van der Waals surface area (Å²) in [4.78, 5) is 55.9. The van der Waals surface area contributed by atoms with Crippen LogP contribution in [0.2, 0.25) is 18.6 Å². The fourth-order valence-corrected chi connectivity index (χ4v) is 10.3. The standard InChI is InChI=1S/C38H41FN4O8Si/c1-25-35(52(3,4)39)33(22-34(45)40(19-20-44)23-26-9-6-5-7-10-26)51-38(25)30-21-29(43(48)49)16-17-31(30)42(37(38)47)24-27-12-14-28(15-13-27)41-18-8-11-32(50-2)36(41)46/h5-18,21,25,33,35,44H,19-20,22-24H2,1-4H3/t25-,33+,35-,38+/m1/s1. The lowest BCUT2D eigenvalue weighted by Crippen LogP contribution is -2.45. The lowest BCUT2D eigenvalue weighted by atomic mass is 9.82. The molecular weight excluding hydrogens is 688 g/mol. The number of carbonyl (C=O) groups excluding carboxylic acids is 2. The van der Waals surface area contributed by atoms with Crippen LogP contribution in [0.4, 0.5) is 15.5 Å². The summed E-state index contributed by atoms with van der Waals surface area (Å²) in [6.45, 7) is 4.81. The predicted molar refractivity (Wildman–Crippen MR) is 194 cm³/mol. The first-order valence-electron chi connectivity index (χ1n) is 17.0. The Hall–Kier alpha value is -5.18. The quantitative estimate of drug-likeness (QED) is 0.0874. The minimum absolute atomic E-state index is 0.0508. The summed E-state index contributed by atoms with van der Waals surface area (Å²) >= 11 is 0. The molecule has 0 radical (unpaired) electrons. The van der Waals surface area contributed by atoms with E-state index in [1.54, 1.807) is 49.5 Å². The zero-order chi connectivity index (χ0) is 37.4. The van der Waals surface area contributed by atoms with Crippen molar-refractivity contribution in [1.82, 2.24) is 9.47 Å². The summed E-state index contributed by atoms with van der Waals surface area (Å²) in [7, 11) is -2.24. The zero-order valence-corrected chi connectivity index (χ0v) is 30.4. The highest BCUT2D eigenvalue weighted by atomic mass is 28.4. The van der Waals surface area contributed by atoms with Gasteiger partial charge < -0.3 is 28.5 Å². The molecule has 0 aliphatic carbocycles. The first-order chi connectivity index (χ1) is 24.8. The summed E-state index contributed by atoms with van der Waals surface area (Å²) in [6, 6.07) is 23.7. The lowest BCUT2D eigenvalue weighted by Gasteiger charge is -2.31. The number of aromatic nitrogens is 1. The highest BCUT2D eigenvalue weighted by molar-refractivity contribution is 6.72. The van der Waals surface area contributed by atoms with E-state index >= 15 is 4.11 Å². The zero-order valence-electron chi connectivity index (χ0n) is 29.4. The number of benzene rings is 3. The van der Waals surface area contributed by atoms with Crippen LogP contribution in [0.1, 0.15) is 30.0 Å². The number of nitro groups is 1. The Balaban J connectivity index is 1.35. The van der Waals surface area contributed by atoms with Crippen molar-refractivity contribution in [2.24, 2.45) is 5.92 Å². The molecule has 1 aromatic heterocycles. The van der Waals surface area contributed by atoms with Gasteiger partial charge in [-0.15, -0.1) is 0 Å². The third-order valence-corrected chi connectivity index (χ3v) is 12.6. The van der Waals surface area contributed by atoms with Gasteiger partial charge in [-0.05, 0) is 54.6 Å². The Morgan fingerprint density at radius 1 is 1.06 bits per heavy atom. The topological polar surface area (TPSA) is 144 Å². The normalized spacial score (nSPS) is 21.0. The maximum Gasteiger partial charge on any atom is 0.297 e. The molecule has 1 saturated heterocycles. The Bertz CT molecular complexity index is 2040. The third-order valence-electron chi connectivity index (χ3n) is 10.2. The second kappa shape index (κ2) is 14.4. The van der Waals surface area contributed by atoms with Crippen molar-refractivity contribution in [3.05, 3.63) is 128 Å². The van der Waals surface area contributed by atoms with Gasteiger partial charge in [0.05, 0.1) is 43.4 Å². The molecule has 1 N–H and O–H groups in total. The number of aliphatic hydroxyl groups is 1. The second-order valence-corrected chi connectivity index (χ2v) is 17.6. The smallest absolute Gasteiger partial charge is 0.297 e. The number of pyridine rings is 1. The van der Waals surface area contributed by atoms with Gasteiger partial charge in [0.15, 0.2) is 11.4 Å². The Morgan fingerprint density at radius 3 is 2.40 bits per heavy atom. The number of anilines is 1. The Labute approximate surface area is 301 Å². The average molecular weight is 729 g/mol. The van der Waals surface area contributed by atoms with Gasteiger partial charge in [-0.3, -0.25) is 29.1 Å². The van der Waals surface area contributed by atoms with Crippen LogP contribution < -0.4 is 15.2 Å². The molecule has 6 rings (SSSR count).